The summed E-state index contributed by atoms with van der Waals surface area (Å²) in [7, 11) is 0. The second-order valence-electron chi connectivity index (χ2n) is 6.09. The average molecular weight is 279 g/mol. The van der Waals surface area contributed by atoms with E-state index in [1.165, 1.54) is 43.5 Å². The average Bonchev–Trinajstić information content (AvgIpc) is 3.21. The van der Waals surface area contributed by atoms with Crippen LogP contribution in [-0.2, 0) is 6.54 Å². The molecule has 1 atom stereocenters. The molecule has 1 saturated heterocycles. The molecule has 1 unspecified atom stereocenters. The summed E-state index contributed by atoms with van der Waals surface area (Å²) < 4.78 is 0. The minimum absolute atomic E-state index is 0.726. The molecule has 0 spiro atoms. The van der Waals surface area contributed by atoms with Crippen LogP contribution in [0.15, 0.2) is 18.2 Å². The van der Waals surface area contributed by atoms with Crippen molar-refractivity contribution in [3.05, 3.63) is 28.8 Å². The summed E-state index contributed by atoms with van der Waals surface area (Å²) in [5.74, 6) is 0.789. The molecule has 2 nitrogen and oxygen atoms in total. The van der Waals surface area contributed by atoms with Crippen LogP contribution in [0.5, 0.6) is 0 Å². The van der Waals surface area contributed by atoms with E-state index < -0.39 is 0 Å². The lowest BCUT2D eigenvalue weighted by molar-refractivity contribution is 0.446. The first-order valence-electron chi connectivity index (χ1n) is 7.50. The Kier molecular flexibility index (Phi) is 3.99. The fourth-order valence-corrected chi connectivity index (χ4v) is 3.20. The molecular weight excluding hydrogens is 256 g/mol. The first-order valence-corrected chi connectivity index (χ1v) is 7.87. The molecule has 0 radical (unpaired) electrons. The van der Waals surface area contributed by atoms with Crippen LogP contribution in [0.4, 0.5) is 5.69 Å². The van der Waals surface area contributed by atoms with Gasteiger partial charge in [-0.05, 0) is 43.7 Å². The van der Waals surface area contributed by atoms with Crippen molar-refractivity contribution in [1.29, 1.82) is 0 Å². The summed E-state index contributed by atoms with van der Waals surface area (Å²) in [5, 5.41) is 4.50. The van der Waals surface area contributed by atoms with Crippen molar-refractivity contribution >= 4 is 17.3 Å². The number of hydrogen-bond acceptors (Lipinski definition) is 2. The lowest BCUT2D eigenvalue weighted by Gasteiger charge is -2.34. The molecule has 2 fully saturated rings. The molecule has 19 heavy (non-hydrogen) atoms. The molecule has 1 aromatic carbocycles. The SMILES string of the molecule is CC1CCCN(c2cccc(Cl)c2CNC2CC2)C1. The van der Waals surface area contributed by atoms with E-state index in [9.17, 15) is 0 Å². The molecule has 3 heteroatoms. The van der Waals surface area contributed by atoms with Gasteiger partial charge in [-0.3, -0.25) is 0 Å². The monoisotopic (exact) mass is 278 g/mol. The van der Waals surface area contributed by atoms with E-state index in [-0.39, 0.29) is 0 Å². The van der Waals surface area contributed by atoms with Gasteiger partial charge in [-0.15, -0.1) is 0 Å². The van der Waals surface area contributed by atoms with Crippen LogP contribution in [0.3, 0.4) is 0 Å². The third-order valence-corrected chi connectivity index (χ3v) is 4.59. The lowest BCUT2D eigenvalue weighted by atomic mass is 9.99. The molecule has 1 heterocycles. The third kappa shape index (κ3) is 3.24. The number of piperidine rings is 1. The van der Waals surface area contributed by atoms with Gasteiger partial charge in [0.25, 0.3) is 0 Å². The first-order chi connectivity index (χ1) is 9.24. The van der Waals surface area contributed by atoms with Crippen LogP contribution in [0.2, 0.25) is 5.02 Å². The molecule has 104 valence electrons. The first kappa shape index (κ1) is 13.3. The lowest BCUT2D eigenvalue weighted by Crippen LogP contribution is -2.35. The maximum atomic E-state index is 6.42. The van der Waals surface area contributed by atoms with Crippen molar-refractivity contribution < 1.29 is 0 Å². The minimum Gasteiger partial charge on any atom is -0.371 e. The van der Waals surface area contributed by atoms with E-state index in [1.54, 1.807) is 0 Å². The van der Waals surface area contributed by atoms with E-state index in [1.807, 2.05) is 6.07 Å². The molecule has 1 N–H and O–H groups in total. The number of halogens is 1. The van der Waals surface area contributed by atoms with Gasteiger partial charge in [-0.25, -0.2) is 0 Å². The van der Waals surface area contributed by atoms with Crippen molar-refractivity contribution in [3.63, 3.8) is 0 Å². The number of hydrogen-bond donors (Lipinski definition) is 1. The molecule has 0 aromatic heterocycles. The second-order valence-corrected chi connectivity index (χ2v) is 6.49. The van der Waals surface area contributed by atoms with Gasteiger partial charge < -0.3 is 10.2 Å². The number of nitrogens with zero attached hydrogens (tertiary/aromatic N) is 1. The van der Waals surface area contributed by atoms with Crippen LogP contribution in [0.25, 0.3) is 0 Å². The number of nitrogens with one attached hydrogen (secondary N) is 1. The van der Waals surface area contributed by atoms with Gasteiger partial charge in [-0.1, -0.05) is 24.6 Å². The highest BCUT2D eigenvalue weighted by Crippen LogP contribution is 2.31. The van der Waals surface area contributed by atoms with Gasteiger partial charge >= 0.3 is 0 Å². The Morgan fingerprint density at radius 1 is 1.32 bits per heavy atom. The molecule has 1 aromatic rings. The van der Waals surface area contributed by atoms with Gasteiger partial charge in [0.05, 0.1) is 0 Å². The predicted molar refractivity (Wildman–Crippen MR) is 81.9 cm³/mol. The fourth-order valence-electron chi connectivity index (χ4n) is 2.96. The van der Waals surface area contributed by atoms with Gasteiger partial charge in [-0.2, -0.15) is 0 Å². The van der Waals surface area contributed by atoms with Crippen LogP contribution >= 0.6 is 11.6 Å². The molecule has 1 aliphatic heterocycles. The van der Waals surface area contributed by atoms with Crippen LogP contribution in [0.1, 0.15) is 38.2 Å². The van der Waals surface area contributed by atoms with Crippen molar-refractivity contribution in [3.8, 4) is 0 Å². The van der Waals surface area contributed by atoms with Crippen LogP contribution in [-0.4, -0.2) is 19.1 Å². The van der Waals surface area contributed by atoms with Crippen molar-refractivity contribution in [2.24, 2.45) is 5.92 Å². The normalized spacial score (nSPS) is 23.7. The smallest absolute Gasteiger partial charge is 0.0471 e. The summed E-state index contributed by atoms with van der Waals surface area (Å²) in [5.41, 5.74) is 2.62. The topological polar surface area (TPSA) is 15.3 Å². The predicted octanol–water partition coefficient (Wildman–Crippen LogP) is 3.83. The summed E-state index contributed by atoms with van der Waals surface area (Å²) in [4.78, 5) is 2.52. The summed E-state index contributed by atoms with van der Waals surface area (Å²) in [6.07, 6.45) is 5.29. The second kappa shape index (κ2) is 5.72. The van der Waals surface area contributed by atoms with Gasteiger partial charge in [0.1, 0.15) is 0 Å². The third-order valence-electron chi connectivity index (χ3n) is 4.24. The molecule has 0 bridgehead atoms. The Morgan fingerprint density at radius 3 is 2.89 bits per heavy atom. The summed E-state index contributed by atoms with van der Waals surface area (Å²) >= 11 is 6.42. The van der Waals surface area contributed by atoms with E-state index in [0.29, 0.717) is 0 Å². The van der Waals surface area contributed by atoms with Crippen molar-refractivity contribution in [2.75, 3.05) is 18.0 Å². The number of anilines is 1. The quantitative estimate of drug-likeness (QED) is 0.900. The molecule has 1 saturated carbocycles. The molecule has 1 aliphatic carbocycles. The van der Waals surface area contributed by atoms with E-state index in [0.717, 1.165) is 30.1 Å². The fraction of sp³-hybridized carbons (Fsp3) is 0.625. The highest BCUT2D eigenvalue weighted by Gasteiger charge is 2.23. The maximum absolute atomic E-state index is 6.42. The zero-order chi connectivity index (χ0) is 13.2. The summed E-state index contributed by atoms with van der Waals surface area (Å²) in [6.45, 7) is 5.58. The standard InChI is InChI=1S/C16H23ClN2/c1-12-4-3-9-19(11-12)16-6-2-5-15(17)14(16)10-18-13-7-8-13/h2,5-6,12-13,18H,3-4,7-11H2,1H3. The number of benzene rings is 1. The Labute approximate surface area is 121 Å². The van der Waals surface area contributed by atoms with Gasteiger partial charge in [0.2, 0.25) is 0 Å². The Balaban J connectivity index is 1.79. The number of rotatable bonds is 4. The molecule has 2 aliphatic rings. The van der Waals surface area contributed by atoms with E-state index >= 15 is 0 Å². The van der Waals surface area contributed by atoms with Gasteiger partial charge in [0.15, 0.2) is 0 Å². The van der Waals surface area contributed by atoms with Gasteiger partial charge in [0, 0.05) is 41.9 Å². The van der Waals surface area contributed by atoms with Crippen LogP contribution < -0.4 is 10.2 Å². The van der Waals surface area contributed by atoms with Crippen molar-refractivity contribution in [1.82, 2.24) is 5.32 Å². The molecular formula is C16H23ClN2. The largest absolute Gasteiger partial charge is 0.371 e. The minimum atomic E-state index is 0.726. The maximum Gasteiger partial charge on any atom is 0.0471 e. The Morgan fingerprint density at radius 2 is 2.16 bits per heavy atom. The Bertz CT molecular complexity index is 442. The van der Waals surface area contributed by atoms with E-state index in [4.69, 9.17) is 11.6 Å². The zero-order valence-corrected chi connectivity index (χ0v) is 12.4. The molecule has 0 amide bonds. The van der Waals surface area contributed by atoms with Crippen LogP contribution in [0, 0.1) is 5.92 Å². The zero-order valence-electron chi connectivity index (χ0n) is 11.7. The van der Waals surface area contributed by atoms with E-state index in [2.05, 4.69) is 29.3 Å². The van der Waals surface area contributed by atoms with Crippen molar-refractivity contribution in [2.45, 2.75) is 45.2 Å². The highest BCUT2D eigenvalue weighted by atomic mass is 35.5. The molecule has 3 rings (SSSR count). The Hall–Kier alpha value is -0.730. The summed E-state index contributed by atoms with van der Waals surface area (Å²) in [6, 6.07) is 7.05. The highest BCUT2D eigenvalue weighted by molar-refractivity contribution is 6.31.